The monoisotopic (exact) mass is 475 g/mol. The zero-order valence-electron chi connectivity index (χ0n) is 17.5. The third-order valence-electron chi connectivity index (χ3n) is 4.49. The molecular weight excluding hydrogens is 458 g/mol. The fourth-order valence-corrected chi connectivity index (χ4v) is 3.55. The van der Waals surface area contributed by atoms with E-state index in [-0.39, 0.29) is 28.7 Å². The average Bonchev–Trinajstić information content (AvgIpc) is 3.27. The third-order valence-corrected chi connectivity index (χ3v) is 5.37. The maximum absolute atomic E-state index is 12.2. The molecule has 170 valence electrons. The zero-order valence-corrected chi connectivity index (χ0v) is 18.3. The van der Waals surface area contributed by atoms with Gasteiger partial charge in [0.15, 0.2) is 5.16 Å². The van der Waals surface area contributed by atoms with Crippen molar-refractivity contribution in [1.82, 2.24) is 15.4 Å². The Morgan fingerprint density at radius 3 is 2.68 bits per heavy atom. The molecule has 0 radical (unpaired) electrons. The van der Waals surface area contributed by atoms with Crippen molar-refractivity contribution in [2.24, 2.45) is 5.10 Å². The number of fused-ring (bicyclic) bond motifs is 1. The van der Waals surface area contributed by atoms with Crippen molar-refractivity contribution in [3.63, 3.8) is 0 Å². The molecule has 0 fully saturated rings. The minimum absolute atomic E-state index is 0.0723. The van der Waals surface area contributed by atoms with Gasteiger partial charge in [-0.25, -0.2) is 15.2 Å². The molecule has 34 heavy (non-hydrogen) atoms. The van der Waals surface area contributed by atoms with Crippen LogP contribution in [0, 0.1) is 10.1 Å². The lowest BCUT2D eigenvalue weighted by Crippen LogP contribution is -2.19. The second kappa shape index (κ2) is 10.4. The van der Waals surface area contributed by atoms with Gasteiger partial charge in [0.05, 0.1) is 33.5 Å². The van der Waals surface area contributed by atoms with E-state index in [1.54, 1.807) is 24.3 Å². The van der Waals surface area contributed by atoms with Crippen LogP contribution in [0.25, 0.3) is 11.0 Å². The van der Waals surface area contributed by atoms with E-state index in [2.05, 4.69) is 20.5 Å². The minimum Gasteiger partial charge on any atom is -0.423 e. The van der Waals surface area contributed by atoms with Gasteiger partial charge >= 0.3 is 5.97 Å². The van der Waals surface area contributed by atoms with Crippen LogP contribution in [0.15, 0.2) is 83.1 Å². The number of rotatable bonds is 8. The minimum atomic E-state index is -0.709. The summed E-state index contributed by atoms with van der Waals surface area (Å²) in [4.78, 5) is 42.0. The summed E-state index contributed by atoms with van der Waals surface area (Å²) >= 11 is 1.27. The molecule has 1 aromatic heterocycles. The number of amides is 1. The number of nitro groups is 1. The number of carbonyl (C=O) groups is 2. The van der Waals surface area contributed by atoms with Gasteiger partial charge in [0, 0.05) is 12.1 Å². The maximum Gasteiger partial charge on any atom is 0.343 e. The number of ether oxygens (including phenoxy) is 1. The second-order valence-electron chi connectivity index (χ2n) is 6.91. The van der Waals surface area contributed by atoms with Crippen LogP contribution >= 0.6 is 11.8 Å². The summed E-state index contributed by atoms with van der Waals surface area (Å²) in [7, 11) is 0. The predicted octanol–water partition coefficient (Wildman–Crippen LogP) is 3.93. The zero-order chi connectivity index (χ0) is 23.9. The Kier molecular flexibility index (Phi) is 6.94. The molecule has 0 saturated carbocycles. The fraction of sp³-hybridized carbons (Fsp3) is 0.0435. The van der Waals surface area contributed by atoms with E-state index in [0.29, 0.717) is 10.7 Å². The number of carbonyl (C=O) groups excluding carboxylic acids is 2. The van der Waals surface area contributed by atoms with Crippen LogP contribution in [0.5, 0.6) is 5.75 Å². The van der Waals surface area contributed by atoms with E-state index >= 15 is 0 Å². The van der Waals surface area contributed by atoms with Crippen molar-refractivity contribution in [3.05, 3.63) is 94.0 Å². The first-order chi connectivity index (χ1) is 16.5. The number of aromatic amines is 1. The summed E-state index contributed by atoms with van der Waals surface area (Å²) < 4.78 is 5.24. The van der Waals surface area contributed by atoms with Gasteiger partial charge in [-0.3, -0.25) is 14.9 Å². The van der Waals surface area contributed by atoms with Gasteiger partial charge in [-0.1, -0.05) is 30.0 Å². The molecule has 4 rings (SSSR count). The number of esters is 1. The number of nitrogens with zero attached hydrogens (tertiary/aromatic N) is 3. The number of hydrogen-bond acceptors (Lipinski definition) is 8. The third kappa shape index (κ3) is 5.84. The van der Waals surface area contributed by atoms with Gasteiger partial charge in [-0.05, 0) is 48.0 Å². The van der Waals surface area contributed by atoms with Crippen LogP contribution in [0.3, 0.4) is 0 Å². The second-order valence-corrected chi connectivity index (χ2v) is 7.87. The van der Waals surface area contributed by atoms with Gasteiger partial charge in [0.2, 0.25) is 0 Å². The smallest absolute Gasteiger partial charge is 0.343 e. The highest BCUT2D eigenvalue weighted by molar-refractivity contribution is 7.99. The number of aromatic nitrogens is 2. The summed E-state index contributed by atoms with van der Waals surface area (Å²) in [6.07, 6.45) is 1.45. The van der Waals surface area contributed by atoms with Crippen LogP contribution in [0.4, 0.5) is 5.69 Å². The Morgan fingerprint density at radius 2 is 1.91 bits per heavy atom. The van der Waals surface area contributed by atoms with Gasteiger partial charge in [-0.2, -0.15) is 5.10 Å². The molecule has 0 saturated heterocycles. The van der Waals surface area contributed by atoms with E-state index in [9.17, 15) is 19.7 Å². The molecule has 0 atom stereocenters. The molecule has 1 amide bonds. The molecular formula is C23H17N5O5S. The number of para-hydroxylation sites is 2. The van der Waals surface area contributed by atoms with Crippen LogP contribution in [0.2, 0.25) is 0 Å². The van der Waals surface area contributed by atoms with E-state index in [0.717, 1.165) is 17.1 Å². The Morgan fingerprint density at radius 1 is 1.12 bits per heavy atom. The Hall–Kier alpha value is -4.51. The van der Waals surface area contributed by atoms with Crippen LogP contribution < -0.4 is 10.2 Å². The quantitative estimate of drug-likeness (QED) is 0.0982. The lowest BCUT2D eigenvalue weighted by molar-refractivity contribution is -0.384. The summed E-state index contributed by atoms with van der Waals surface area (Å²) in [5.41, 5.74) is 4.73. The molecule has 2 N–H and O–H groups in total. The van der Waals surface area contributed by atoms with Crippen molar-refractivity contribution in [2.45, 2.75) is 5.16 Å². The number of hydrazone groups is 1. The number of nitrogens with one attached hydrogen (secondary N) is 2. The summed E-state index contributed by atoms with van der Waals surface area (Å²) in [5, 5.41) is 15.4. The molecule has 0 bridgehead atoms. The molecule has 11 heteroatoms. The van der Waals surface area contributed by atoms with E-state index in [4.69, 9.17) is 4.74 Å². The number of thioether (sulfide) groups is 1. The standard InChI is InChI=1S/C23H17N5O5S/c29-21(14-34-23-25-19-6-1-2-7-20(19)26-23)27-24-13-15-8-10-18(11-9-15)33-22(30)16-4-3-5-17(12-16)28(31)32/h1-13H,14H2,(H,25,26)(H,27,29)/b24-13-. The molecule has 0 aliphatic carbocycles. The molecule has 4 aromatic rings. The SMILES string of the molecule is O=C(CSc1nc2ccccc2[nH]1)N/N=C\c1ccc(OC(=O)c2cccc([N+](=O)[O-])c2)cc1. The van der Waals surface area contributed by atoms with Gasteiger partial charge in [0.25, 0.3) is 11.6 Å². The van der Waals surface area contributed by atoms with Gasteiger partial charge in [0.1, 0.15) is 5.75 Å². The van der Waals surface area contributed by atoms with Crippen molar-refractivity contribution in [3.8, 4) is 5.75 Å². The first-order valence-corrected chi connectivity index (χ1v) is 10.9. The average molecular weight is 475 g/mol. The Labute approximate surface area is 197 Å². The van der Waals surface area contributed by atoms with Crippen LogP contribution in [-0.2, 0) is 4.79 Å². The molecule has 0 spiro atoms. The maximum atomic E-state index is 12.2. The number of hydrogen-bond donors (Lipinski definition) is 2. The van der Waals surface area contributed by atoms with Crippen molar-refractivity contribution in [2.75, 3.05) is 5.75 Å². The fourth-order valence-electron chi connectivity index (χ4n) is 2.88. The summed E-state index contributed by atoms with van der Waals surface area (Å²) in [6.45, 7) is 0. The van der Waals surface area contributed by atoms with Gasteiger partial charge < -0.3 is 9.72 Å². The van der Waals surface area contributed by atoms with Gasteiger partial charge in [-0.15, -0.1) is 0 Å². The first kappa shape index (κ1) is 22.7. The molecule has 10 nitrogen and oxygen atoms in total. The first-order valence-electron chi connectivity index (χ1n) is 9.94. The number of nitro benzene ring substituents is 1. The molecule has 0 aliphatic rings. The number of benzene rings is 3. The van der Waals surface area contributed by atoms with E-state index < -0.39 is 10.9 Å². The Balaban J connectivity index is 1.26. The lowest BCUT2D eigenvalue weighted by atomic mass is 10.2. The van der Waals surface area contributed by atoms with Crippen LogP contribution in [0.1, 0.15) is 15.9 Å². The number of imidazole rings is 1. The molecule has 0 unspecified atom stereocenters. The van der Waals surface area contributed by atoms with Crippen LogP contribution in [-0.4, -0.2) is 38.7 Å². The van der Waals surface area contributed by atoms with Crippen molar-refractivity contribution >= 4 is 46.6 Å². The topological polar surface area (TPSA) is 140 Å². The highest BCUT2D eigenvalue weighted by atomic mass is 32.2. The predicted molar refractivity (Wildman–Crippen MR) is 127 cm³/mol. The van der Waals surface area contributed by atoms with E-state index in [1.807, 2.05) is 24.3 Å². The van der Waals surface area contributed by atoms with Crippen molar-refractivity contribution < 1.29 is 19.2 Å². The highest BCUT2D eigenvalue weighted by Crippen LogP contribution is 2.19. The Bertz CT molecular complexity index is 1350. The number of non-ortho nitro benzene ring substituents is 1. The van der Waals surface area contributed by atoms with Crippen molar-refractivity contribution in [1.29, 1.82) is 0 Å². The summed E-state index contributed by atoms with van der Waals surface area (Å²) in [5.74, 6) is -0.590. The molecule has 3 aromatic carbocycles. The van der Waals surface area contributed by atoms with E-state index in [1.165, 1.54) is 36.2 Å². The normalized spacial score (nSPS) is 10.9. The summed E-state index contributed by atoms with van der Waals surface area (Å²) in [6, 6.07) is 19.3. The molecule has 0 aliphatic heterocycles. The molecule has 1 heterocycles. The number of H-pyrrole nitrogens is 1. The lowest BCUT2D eigenvalue weighted by Gasteiger charge is -2.04. The largest absolute Gasteiger partial charge is 0.423 e. The highest BCUT2D eigenvalue weighted by Gasteiger charge is 2.13.